The molecule has 0 bridgehead atoms. The molecule has 0 aliphatic rings. The van der Waals surface area contributed by atoms with Crippen molar-refractivity contribution < 1.29 is 18.0 Å². The molecule has 1 radical (unpaired) electrons. The number of primary amides is 1. The highest BCUT2D eigenvalue weighted by Gasteiger charge is 2.19. The lowest BCUT2D eigenvalue weighted by Gasteiger charge is -2.10. The average Bonchev–Trinajstić information content (AvgIpc) is 3.01. The van der Waals surface area contributed by atoms with Gasteiger partial charge in [0.2, 0.25) is 5.91 Å². The molecule has 1 amide bonds. The van der Waals surface area contributed by atoms with Crippen LogP contribution in [0.25, 0.3) is 21.8 Å². The molecular formula is C22H16F3N2O. The summed E-state index contributed by atoms with van der Waals surface area (Å²) in [4.78, 5) is 11.9. The van der Waals surface area contributed by atoms with Crippen LogP contribution in [0.15, 0.2) is 42.5 Å². The van der Waals surface area contributed by atoms with E-state index in [0.717, 1.165) is 18.1 Å². The van der Waals surface area contributed by atoms with Crippen molar-refractivity contribution in [3.05, 3.63) is 82.7 Å². The van der Waals surface area contributed by atoms with Gasteiger partial charge in [0.15, 0.2) is 17.5 Å². The Kier molecular flexibility index (Phi) is 4.34. The second-order valence-electron chi connectivity index (χ2n) is 6.61. The first-order valence-corrected chi connectivity index (χ1v) is 8.80. The number of aryl methyl sites for hydroxylation is 1. The Balaban J connectivity index is 2.05. The molecule has 0 fully saturated rings. The van der Waals surface area contributed by atoms with Crippen LogP contribution in [0.4, 0.5) is 13.2 Å². The highest BCUT2D eigenvalue weighted by Crippen LogP contribution is 2.33. The minimum absolute atomic E-state index is 0.00378. The van der Waals surface area contributed by atoms with Crippen molar-refractivity contribution in [2.24, 2.45) is 5.73 Å². The molecule has 4 aromatic rings. The predicted molar refractivity (Wildman–Crippen MR) is 102 cm³/mol. The van der Waals surface area contributed by atoms with E-state index in [9.17, 15) is 18.0 Å². The van der Waals surface area contributed by atoms with Crippen LogP contribution in [0.2, 0.25) is 0 Å². The van der Waals surface area contributed by atoms with Crippen molar-refractivity contribution in [3.63, 3.8) is 0 Å². The van der Waals surface area contributed by atoms with Crippen molar-refractivity contribution in [2.45, 2.75) is 19.9 Å². The van der Waals surface area contributed by atoms with E-state index in [2.05, 4.69) is 6.07 Å². The Morgan fingerprint density at radius 1 is 1.11 bits per heavy atom. The van der Waals surface area contributed by atoms with Crippen molar-refractivity contribution in [2.75, 3.05) is 0 Å². The molecule has 4 rings (SSSR count). The molecule has 0 aliphatic heterocycles. The molecule has 0 saturated heterocycles. The summed E-state index contributed by atoms with van der Waals surface area (Å²) in [5.74, 6) is -4.55. The smallest absolute Gasteiger partial charge is 0.249 e. The number of rotatable bonds is 4. The highest BCUT2D eigenvalue weighted by molar-refractivity contribution is 6.17. The number of amides is 1. The van der Waals surface area contributed by atoms with Gasteiger partial charge < -0.3 is 10.3 Å². The molecule has 1 aromatic heterocycles. The first-order valence-electron chi connectivity index (χ1n) is 8.80. The largest absolute Gasteiger partial charge is 0.366 e. The molecule has 1 heterocycles. The lowest BCUT2D eigenvalue weighted by molar-refractivity contribution is 0.100. The molecule has 0 spiro atoms. The standard InChI is InChI=1S/C22H16F3N2O/c1-2-12-6-8-14-18(10-12)27(11-13-7-9-16(23)21(25)20(13)24)17-5-3-4-15(19(14)17)22(26)28/h3-7,9-10H,2,11H2,1H3,(H2,26,28). The van der Waals surface area contributed by atoms with Crippen molar-refractivity contribution in [1.29, 1.82) is 0 Å². The molecule has 0 unspecified atom stereocenters. The summed E-state index contributed by atoms with van der Waals surface area (Å²) in [6, 6.07) is 14.2. The number of hydrogen-bond donors (Lipinski definition) is 1. The third kappa shape index (κ3) is 2.72. The van der Waals surface area contributed by atoms with Crippen LogP contribution in [-0.2, 0) is 13.0 Å². The van der Waals surface area contributed by atoms with E-state index in [0.29, 0.717) is 27.4 Å². The monoisotopic (exact) mass is 381 g/mol. The van der Waals surface area contributed by atoms with Crippen LogP contribution in [0.1, 0.15) is 28.4 Å². The molecule has 0 aliphatic carbocycles. The molecule has 0 saturated carbocycles. The fourth-order valence-electron chi connectivity index (χ4n) is 3.54. The Morgan fingerprint density at radius 3 is 2.61 bits per heavy atom. The van der Waals surface area contributed by atoms with E-state index in [1.165, 1.54) is 6.07 Å². The van der Waals surface area contributed by atoms with Gasteiger partial charge in [-0.3, -0.25) is 4.79 Å². The van der Waals surface area contributed by atoms with Crippen LogP contribution in [0.5, 0.6) is 0 Å². The summed E-state index contributed by atoms with van der Waals surface area (Å²) in [6.07, 6.45) is 0.760. The summed E-state index contributed by atoms with van der Waals surface area (Å²) in [5.41, 5.74) is 8.22. The number of nitrogens with zero attached hydrogens (tertiary/aromatic N) is 1. The zero-order valence-electron chi connectivity index (χ0n) is 15.0. The number of aromatic nitrogens is 1. The van der Waals surface area contributed by atoms with Gasteiger partial charge in [0.05, 0.1) is 17.6 Å². The number of hydrogen-bond acceptors (Lipinski definition) is 1. The first-order chi connectivity index (χ1) is 13.4. The third-order valence-corrected chi connectivity index (χ3v) is 4.97. The molecule has 28 heavy (non-hydrogen) atoms. The Bertz CT molecular complexity index is 1240. The number of halogens is 3. The summed E-state index contributed by atoms with van der Waals surface area (Å²) in [6.45, 7) is 1.96. The second kappa shape index (κ2) is 6.71. The topological polar surface area (TPSA) is 48.0 Å². The van der Waals surface area contributed by atoms with Crippen LogP contribution in [0.3, 0.4) is 0 Å². The molecular weight excluding hydrogens is 365 g/mol. The molecule has 2 N–H and O–H groups in total. The van der Waals surface area contributed by atoms with E-state index in [1.807, 2.05) is 19.1 Å². The Labute approximate surface area is 159 Å². The van der Waals surface area contributed by atoms with Crippen LogP contribution >= 0.6 is 0 Å². The van der Waals surface area contributed by atoms with Gasteiger partial charge in [-0.25, -0.2) is 13.2 Å². The minimum Gasteiger partial charge on any atom is -0.366 e. The van der Waals surface area contributed by atoms with Gasteiger partial charge in [0.1, 0.15) is 0 Å². The molecule has 0 atom stereocenters. The summed E-state index contributed by atoms with van der Waals surface area (Å²) in [5, 5.41) is 1.28. The average molecular weight is 381 g/mol. The lowest BCUT2D eigenvalue weighted by Crippen LogP contribution is -2.11. The molecule has 141 valence electrons. The Morgan fingerprint density at radius 2 is 1.89 bits per heavy atom. The van der Waals surface area contributed by atoms with E-state index in [1.54, 1.807) is 22.8 Å². The van der Waals surface area contributed by atoms with Gasteiger partial charge >= 0.3 is 0 Å². The molecule has 3 nitrogen and oxygen atoms in total. The van der Waals surface area contributed by atoms with Crippen LogP contribution in [0, 0.1) is 23.5 Å². The fraction of sp³-hybridized carbons (Fsp3) is 0.136. The van der Waals surface area contributed by atoms with Crippen LogP contribution < -0.4 is 5.73 Å². The van der Waals surface area contributed by atoms with Crippen LogP contribution in [-0.4, -0.2) is 10.5 Å². The maximum atomic E-state index is 14.3. The lowest BCUT2D eigenvalue weighted by atomic mass is 10.0. The van der Waals surface area contributed by atoms with Crippen molar-refractivity contribution in [3.8, 4) is 0 Å². The van der Waals surface area contributed by atoms with Gasteiger partial charge in [-0.15, -0.1) is 0 Å². The quantitative estimate of drug-likeness (QED) is 0.511. The number of carbonyl (C=O) groups is 1. The Hall–Kier alpha value is -3.28. The number of nitrogens with two attached hydrogens (primary N) is 1. The van der Waals surface area contributed by atoms with Gasteiger partial charge in [-0.1, -0.05) is 25.1 Å². The predicted octanol–water partition coefficient (Wildman–Crippen LogP) is 4.72. The fourth-order valence-corrected chi connectivity index (χ4v) is 3.54. The molecule has 3 aromatic carbocycles. The van der Waals surface area contributed by atoms with E-state index >= 15 is 0 Å². The summed E-state index contributed by atoms with van der Waals surface area (Å²) >= 11 is 0. The second-order valence-corrected chi connectivity index (χ2v) is 6.61. The SMILES string of the molecule is CCc1c[c]c2c3c(C(N)=O)cccc3n(Cc3ccc(F)c(F)c3F)c2c1. The first kappa shape index (κ1) is 18.1. The highest BCUT2D eigenvalue weighted by atomic mass is 19.2. The number of fused-ring (bicyclic) bond motifs is 3. The van der Waals surface area contributed by atoms with Gasteiger partial charge in [-0.2, -0.15) is 0 Å². The normalized spacial score (nSPS) is 11.4. The van der Waals surface area contributed by atoms with Crippen molar-refractivity contribution >= 4 is 27.7 Å². The molecule has 6 heteroatoms. The van der Waals surface area contributed by atoms with E-state index < -0.39 is 23.4 Å². The van der Waals surface area contributed by atoms with Gasteiger partial charge in [0.25, 0.3) is 0 Å². The minimum atomic E-state index is -1.50. The number of benzene rings is 3. The maximum Gasteiger partial charge on any atom is 0.249 e. The zero-order chi connectivity index (χ0) is 20.0. The summed E-state index contributed by atoms with van der Waals surface area (Å²) in [7, 11) is 0. The third-order valence-electron chi connectivity index (χ3n) is 4.97. The zero-order valence-corrected chi connectivity index (χ0v) is 15.0. The number of carbonyl (C=O) groups excluding carboxylic acids is 1. The summed E-state index contributed by atoms with van der Waals surface area (Å²) < 4.78 is 43.1. The maximum absolute atomic E-state index is 14.3. The van der Waals surface area contributed by atoms with E-state index in [4.69, 9.17) is 5.73 Å². The van der Waals surface area contributed by atoms with Gasteiger partial charge in [0, 0.05) is 21.9 Å². The van der Waals surface area contributed by atoms with E-state index in [-0.39, 0.29) is 12.1 Å². The van der Waals surface area contributed by atoms with Gasteiger partial charge in [-0.05, 0) is 42.3 Å². The van der Waals surface area contributed by atoms with Crippen molar-refractivity contribution in [1.82, 2.24) is 4.57 Å².